The van der Waals surface area contributed by atoms with E-state index in [9.17, 15) is 22.4 Å². The number of pyridine rings is 1. The minimum atomic E-state index is -4.73. The number of likely N-dealkylation sites (tertiary alicyclic amines) is 1. The summed E-state index contributed by atoms with van der Waals surface area (Å²) in [6, 6.07) is 9.30. The molecule has 1 fully saturated rings. The zero-order chi connectivity index (χ0) is 23.9. The molecule has 0 bridgehead atoms. The summed E-state index contributed by atoms with van der Waals surface area (Å²) in [4.78, 5) is 23.1. The molecular formula is C24H19F4N5O. The quantitative estimate of drug-likeness (QED) is 0.381. The third-order valence-electron chi connectivity index (χ3n) is 5.94. The number of amides is 1. The molecule has 0 spiro atoms. The number of nitrogens with zero attached hydrogens (tertiary/aromatic N) is 5. The molecular weight excluding hydrogens is 450 g/mol. The van der Waals surface area contributed by atoms with Gasteiger partial charge in [0.1, 0.15) is 17.1 Å². The van der Waals surface area contributed by atoms with Crippen LogP contribution in [-0.4, -0.2) is 36.9 Å². The van der Waals surface area contributed by atoms with E-state index in [0.29, 0.717) is 12.1 Å². The van der Waals surface area contributed by atoms with Gasteiger partial charge in [0.25, 0.3) is 5.91 Å². The van der Waals surface area contributed by atoms with E-state index < -0.39 is 29.1 Å². The van der Waals surface area contributed by atoms with E-state index in [1.807, 2.05) is 12.1 Å². The van der Waals surface area contributed by atoms with E-state index in [0.717, 1.165) is 47.5 Å². The molecule has 1 unspecified atom stereocenters. The van der Waals surface area contributed by atoms with Gasteiger partial charge in [-0.3, -0.25) is 9.78 Å². The van der Waals surface area contributed by atoms with Crippen LogP contribution >= 0.6 is 0 Å². The summed E-state index contributed by atoms with van der Waals surface area (Å²) < 4.78 is 55.9. The second-order valence-corrected chi connectivity index (χ2v) is 8.13. The minimum absolute atomic E-state index is 0.0103. The zero-order valence-electron chi connectivity index (χ0n) is 17.8. The number of imidazole rings is 1. The van der Waals surface area contributed by atoms with Gasteiger partial charge in [-0.2, -0.15) is 18.3 Å². The molecule has 0 aliphatic carbocycles. The molecule has 4 heterocycles. The monoisotopic (exact) mass is 469 g/mol. The lowest BCUT2D eigenvalue weighted by Gasteiger charge is -2.35. The minimum Gasteiger partial charge on any atom is -0.330 e. The summed E-state index contributed by atoms with van der Waals surface area (Å²) in [5.74, 6) is -0.967. The topological polar surface area (TPSA) is 63.4 Å². The van der Waals surface area contributed by atoms with Gasteiger partial charge in [-0.15, -0.1) is 0 Å². The van der Waals surface area contributed by atoms with E-state index >= 15 is 0 Å². The maximum Gasteiger partial charge on any atom is 0.420 e. The Morgan fingerprint density at radius 3 is 2.47 bits per heavy atom. The fourth-order valence-corrected chi connectivity index (χ4v) is 4.30. The van der Waals surface area contributed by atoms with Crippen molar-refractivity contribution < 1.29 is 22.4 Å². The Morgan fingerprint density at radius 2 is 1.76 bits per heavy atom. The lowest BCUT2D eigenvalue weighted by molar-refractivity contribution is -0.136. The van der Waals surface area contributed by atoms with E-state index in [1.54, 1.807) is 17.3 Å². The van der Waals surface area contributed by atoms with Crippen molar-refractivity contribution >= 4 is 11.6 Å². The van der Waals surface area contributed by atoms with Gasteiger partial charge in [0.05, 0.1) is 17.9 Å². The van der Waals surface area contributed by atoms with Crippen molar-refractivity contribution in [3.8, 4) is 11.3 Å². The van der Waals surface area contributed by atoms with E-state index in [2.05, 4.69) is 15.1 Å². The highest BCUT2D eigenvalue weighted by Gasteiger charge is 2.36. The fourth-order valence-electron chi connectivity index (χ4n) is 4.30. The number of fused-ring (bicyclic) bond motifs is 1. The fraction of sp³-hybridized carbons (Fsp3) is 0.250. The van der Waals surface area contributed by atoms with Crippen molar-refractivity contribution in [3.63, 3.8) is 0 Å². The number of hydrogen-bond donors (Lipinski definition) is 0. The molecule has 0 radical (unpaired) electrons. The van der Waals surface area contributed by atoms with Crippen molar-refractivity contribution in [2.45, 2.75) is 31.5 Å². The first kappa shape index (κ1) is 22.0. The Kier molecular flexibility index (Phi) is 5.51. The number of hydrogen-bond acceptors (Lipinski definition) is 4. The Hall–Kier alpha value is -3.82. The van der Waals surface area contributed by atoms with E-state index in [1.165, 1.54) is 18.3 Å². The Morgan fingerprint density at radius 1 is 1.03 bits per heavy atom. The number of aromatic nitrogens is 4. The van der Waals surface area contributed by atoms with Gasteiger partial charge in [-0.05, 0) is 67.3 Å². The van der Waals surface area contributed by atoms with Crippen molar-refractivity contribution in [3.05, 3.63) is 83.7 Å². The van der Waals surface area contributed by atoms with Crippen molar-refractivity contribution in [2.75, 3.05) is 6.54 Å². The molecule has 1 aromatic carbocycles. The Balaban J connectivity index is 1.57. The normalized spacial score (nSPS) is 16.7. The summed E-state index contributed by atoms with van der Waals surface area (Å²) in [5.41, 5.74) is -0.382. The molecule has 1 amide bonds. The van der Waals surface area contributed by atoms with Gasteiger partial charge in [-0.1, -0.05) is 0 Å². The second-order valence-electron chi connectivity index (χ2n) is 8.13. The Bertz CT molecular complexity index is 1340. The molecule has 0 saturated carbocycles. The molecule has 5 rings (SSSR count). The van der Waals surface area contributed by atoms with Gasteiger partial charge in [0, 0.05) is 24.5 Å². The maximum absolute atomic E-state index is 13.9. The molecule has 6 nitrogen and oxygen atoms in total. The predicted octanol–water partition coefficient (Wildman–Crippen LogP) is 5.32. The molecule has 34 heavy (non-hydrogen) atoms. The molecule has 1 saturated heterocycles. The number of piperidine rings is 1. The third kappa shape index (κ3) is 4.11. The van der Waals surface area contributed by atoms with Crippen LogP contribution in [0.1, 0.15) is 46.9 Å². The molecule has 4 aromatic rings. The number of rotatable bonds is 3. The number of alkyl halides is 3. The lowest BCUT2D eigenvalue weighted by atomic mass is 9.95. The van der Waals surface area contributed by atoms with Gasteiger partial charge in [0.2, 0.25) is 0 Å². The highest BCUT2D eigenvalue weighted by molar-refractivity contribution is 5.93. The van der Waals surface area contributed by atoms with Crippen molar-refractivity contribution in [1.82, 2.24) is 24.5 Å². The largest absolute Gasteiger partial charge is 0.420 e. The molecule has 1 aliphatic rings. The summed E-state index contributed by atoms with van der Waals surface area (Å²) in [5, 5.41) is 4.23. The van der Waals surface area contributed by atoms with Crippen LogP contribution in [0.4, 0.5) is 17.6 Å². The van der Waals surface area contributed by atoms with Crippen LogP contribution in [0.15, 0.2) is 61.1 Å². The van der Waals surface area contributed by atoms with Crippen molar-refractivity contribution in [2.24, 2.45) is 0 Å². The van der Waals surface area contributed by atoms with Crippen LogP contribution in [0.25, 0.3) is 16.9 Å². The van der Waals surface area contributed by atoms with Crippen LogP contribution in [0, 0.1) is 5.82 Å². The SMILES string of the molecule is O=C(c1cn2nc(-c3ccc(F)cc3)cc(C(F)(F)F)c2n1)N1CCCCC1c1ccncc1. The average Bonchev–Trinajstić information content (AvgIpc) is 3.27. The maximum atomic E-state index is 13.9. The molecule has 174 valence electrons. The van der Waals surface area contributed by atoms with E-state index in [4.69, 9.17) is 0 Å². The first-order valence-corrected chi connectivity index (χ1v) is 10.8. The highest BCUT2D eigenvalue weighted by atomic mass is 19.4. The lowest BCUT2D eigenvalue weighted by Crippen LogP contribution is -2.38. The first-order valence-electron chi connectivity index (χ1n) is 10.8. The van der Waals surface area contributed by atoms with Gasteiger partial charge in [-0.25, -0.2) is 13.9 Å². The van der Waals surface area contributed by atoms with Crippen LogP contribution < -0.4 is 0 Å². The van der Waals surface area contributed by atoms with Crippen LogP contribution in [0.3, 0.4) is 0 Å². The van der Waals surface area contributed by atoms with Crippen LogP contribution in [0.2, 0.25) is 0 Å². The van der Waals surface area contributed by atoms with Gasteiger partial charge >= 0.3 is 6.18 Å². The van der Waals surface area contributed by atoms with Crippen molar-refractivity contribution in [1.29, 1.82) is 0 Å². The number of carbonyl (C=O) groups excluding carboxylic acids is 1. The average molecular weight is 469 g/mol. The second kappa shape index (κ2) is 8.51. The summed E-state index contributed by atoms with van der Waals surface area (Å²) in [7, 11) is 0. The van der Waals surface area contributed by atoms with Crippen LogP contribution in [-0.2, 0) is 6.18 Å². The molecule has 1 atom stereocenters. The zero-order valence-corrected chi connectivity index (χ0v) is 17.8. The Labute approximate surface area is 191 Å². The molecule has 1 aliphatic heterocycles. The summed E-state index contributed by atoms with van der Waals surface area (Å²) in [6.07, 6.45) is 2.25. The molecule has 10 heteroatoms. The summed E-state index contributed by atoms with van der Waals surface area (Å²) >= 11 is 0. The number of halogens is 4. The standard InChI is InChI=1S/C24H19F4N5O/c25-17-6-4-15(5-7-17)19-13-18(24(26,27)28)22-30-20(14-33(22)31-19)23(34)32-12-2-1-3-21(32)16-8-10-29-11-9-16/h4-11,13-14,21H,1-3,12H2. The third-order valence-corrected chi connectivity index (χ3v) is 5.94. The van der Waals surface area contributed by atoms with Crippen LogP contribution in [0.5, 0.6) is 0 Å². The number of benzene rings is 1. The van der Waals surface area contributed by atoms with E-state index in [-0.39, 0.29) is 17.4 Å². The highest BCUT2D eigenvalue weighted by Crippen LogP contribution is 2.35. The van der Waals surface area contributed by atoms with Gasteiger partial charge < -0.3 is 4.90 Å². The predicted molar refractivity (Wildman–Crippen MR) is 115 cm³/mol. The number of carbonyl (C=O) groups is 1. The first-order chi connectivity index (χ1) is 16.3. The smallest absolute Gasteiger partial charge is 0.330 e. The summed E-state index contributed by atoms with van der Waals surface area (Å²) in [6.45, 7) is 0.472. The molecule has 0 N–H and O–H groups in total. The van der Waals surface area contributed by atoms with Gasteiger partial charge in [0.15, 0.2) is 5.65 Å². The molecule has 3 aromatic heterocycles.